The largest absolute Gasteiger partial charge is 0.384 e. The van der Waals surface area contributed by atoms with Gasteiger partial charge in [-0.2, -0.15) is 4.98 Å². The van der Waals surface area contributed by atoms with Crippen LogP contribution in [-0.2, 0) is 25.6 Å². The number of carbonyl (C=O) groups excluding carboxylic acids is 1. The molecule has 0 unspecified atom stereocenters. The van der Waals surface area contributed by atoms with Gasteiger partial charge in [-0.15, -0.1) is 0 Å². The van der Waals surface area contributed by atoms with E-state index >= 15 is 8.78 Å². The molecular weight excluding hydrogens is 750 g/mol. The molecule has 296 valence electrons. The number of benzene rings is 3. The molecule has 7 aromatic rings. The Morgan fingerprint density at radius 3 is 2.40 bits per heavy atom. The number of rotatable bonds is 8. The molecule has 4 aromatic heterocycles. The normalized spacial score (nSPS) is 14.9. The minimum Gasteiger partial charge on any atom is -0.384 e. The van der Waals surface area contributed by atoms with Crippen LogP contribution in [0.15, 0.2) is 77.7 Å². The molecule has 4 N–H and O–H groups in total. The predicted molar refractivity (Wildman–Crippen MR) is 214 cm³/mol. The Balaban J connectivity index is 0.867. The number of carbonyl (C=O) groups is 1. The van der Waals surface area contributed by atoms with Crippen LogP contribution in [-0.4, -0.2) is 77.9 Å². The van der Waals surface area contributed by atoms with Gasteiger partial charge in [-0.25, -0.2) is 32.5 Å². The van der Waals surface area contributed by atoms with Crippen LogP contribution in [0, 0.1) is 17.5 Å². The molecule has 1 fully saturated rings. The van der Waals surface area contributed by atoms with E-state index in [1.54, 1.807) is 43.8 Å². The van der Waals surface area contributed by atoms with Crippen molar-refractivity contribution < 1.29 is 23.1 Å². The molecule has 2 aliphatic heterocycles. The second kappa shape index (κ2) is 14.1. The summed E-state index contributed by atoms with van der Waals surface area (Å²) in [6.45, 7) is 6.16. The number of amides is 1. The molecule has 1 saturated heterocycles. The fraction of sp³-hybridized carbons (Fsp3) is 0.262. The van der Waals surface area contributed by atoms with Gasteiger partial charge in [-0.1, -0.05) is 6.07 Å². The second-order valence-corrected chi connectivity index (χ2v) is 15.2. The molecule has 2 aliphatic rings. The van der Waals surface area contributed by atoms with Gasteiger partial charge in [0.2, 0.25) is 5.95 Å². The minimum absolute atomic E-state index is 0.0232. The number of nitrogens with zero attached hydrogens (tertiary/aromatic N) is 7. The summed E-state index contributed by atoms with van der Waals surface area (Å²) in [5.41, 5.74) is 3.12. The summed E-state index contributed by atoms with van der Waals surface area (Å²) < 4.78 is 48.7. The highest BCUT2D eigenvalue weighted by Crippen LogP contribution is 2.36. The van der Waals surface area contributed by atoms with Crippen molar-refractivity contribution in [3.05, 3.63) is 123 Å². The van der Waals surface area contributed by atoms with Crippen LogP contribution in [0.3, 0.4) is 0 Å². The van der Waals surface area contributed by atoms with Crippen LogP contribution in [0.4, 0.5) is 30.5 Å². The molecule has 6 heterocycles. The zero-order chi connectivity index (χ0) is 40.5. The summed E-state index contributed by atoms with van der Waals surface area (Å²) in [6, 6.07) is 18.1. The summed E-state index contributed by atoms with van der Waals surface area (Å²) >= 11 is 0. The Morgan fingerprint density at radius 1 is 0.931 bits per heavy atom. The van der Waals surface area contributed by atoms with E-state index < -0.39 is 23.1 Å². The number of hydrogen-bond acceptors (Lipinski definition) is 9. The summed E-state index contributed by atoms with van der Waals surface area (Å²) in [4.78, 5) is 46.6. The number of aromatic nitrogens is 6. The fourth-order valence-electron chi connectivity index (χ4n) is 7.91. The van der Waals surface area contributed by atoms with Gasteiger partial charge >= 0.3 is 0 Å². The number of H-pyrrole nitrogens is 1. The van der Waals surface area contributed by atoms with Crippen LogP contribution >= 0.6 is 0 Å². The summed E-state index contributed by atoms with van der Waals surface area (Å²) in [7, 11) is 1.62. The quantitative estimate of drug-likeness (QED) is 0.153. The molecule has 13 nitrogen and oxygen atoms in total. The third-order valence-electron chi connectivity index (χ3n) is 10.9. The Hall–Kier alpha value is -6.52. The molecule has 0 bridgehead atoms. The average Bonchev–Trinajstić information content (AvgIpc) is 3.62. The lowest BCUT2D eigenvalue weighted by atomic mass is 9.99. The van der Waals surface area contributed by atoms with Gasteiger partial charge in [0.25, 0.3) is 11.5 Å². The number of aliphatic hydroxyl groups is 1. The number of pyridine rings is 1. The number of aromatic amines is 1. The van der Waals surface area contributed by atoms with Crippen molar-refractivity contribution in [2.75, 3.05) is 42.9 Å². The molecule has 0 saturated carbocycles. The predicted octanol–water partition coefficient (Wildman–Crippen LogP) is 5.66. The first-order valence-corrected chi connectivity index (χ1v) is 18.9. The first-order valence-electron chi connectivity index (χ1n) is 18.9. The van der Waals surface area contributed by atoms with E-state index in [1.807, 2.05) is 29.2 Å². The Labute approximate surface area is 329 Å². The van der Waals surface area contributed by atoms with E-state index in [2.05, 4.69) is 35.5 Å². The van der Waals surface area contributed by atoms with Crippen molar-refractivity contribution >= 4 is 45.2 Å². The molecular formula is C42H39F3N10O3. The van der Waals surface area contributed by atoms with Gasteiger partial charge in [0, 0.05) is 91.6 Å². The summed E-state index contributed by atoms with van der Waals surface area (Å²) in [6.07, 6.45) is 1.90. The first kappa shape index (κ1) is 37.1. The third-order valence-corrected chi connectivity index (χ3v) is 10.9. The van der Waals surface area contributed by atoms with Crippen molar-refractivity contribution in [3.8, 4) is 17.1 Å². The number of piperazine rings is 1. The van der Waals surface area contributed by atoms with Gasteiger partial charge in [-0.05, 0) is 86.5 Å². The van der Waals surface area contributed by atoms with Crippen LogP contribution in [0.1, 0.15) is 41.0 Å². The number of hydrogen-bond donors (Lipinski definition) is 4. The highest BCUT2D eigenvalue weighted by molar-refractivity contribution is 6.10. The zero-order valence-corrected chi connectivity index (χ0v) is 31.9. The van der Waals surface area contributed by atoms with Crippen molar-refractivity contribution in [2.45, 2.75) is 32.4 Å². The third kappa shape index (κ3) is 6.63. The molecule has 9 rings (SSSR count). The summed E-state index contributed by atoms with van der Waals surface area (Å²) in [5.74, 6) is -1.59. The molecule has 16 heteroatoms. The number of nitrogens with one attached hydrogen (secondary N) is 3. The molecule has 1 amide bonds. The monoisotopic (exact) mass is 788 g/mol. The maximum atomic E-state index is 15.7. The SMILES string of the molecule is Cn1c(=O)c2cnc(Nc3ccc(N4CCN(Cc5c(F)cc(-c6[nH]c7cc(F)cc8c7c6CCNC8=O)cc5F)CC4)cc3)nc2n1-c1cccc(C(C)(C)O)n1. The number of halogens is 3. The van der Waals surface area contributed by atoms with E-state index in [0.717, 1.165) is 11.4 Å². The van der Waals surface area contributed by atoms with Crippen LogP contribution in [0.2, 0.25) is 0 Å². The summed E-state index contributed by atoms with van der Waals surface area (Å²) in [5, 5.41) is 17.4. The topological polar surface area (TPSA) is 149 Å². The Kier molecular flexibility index (Phi) is 9.04. The van der Waals surface area contributed by atoms with E-state index in [-0.39, 0.29) is 35.1 Å². The van der Waals surface area contributed by atoms with Gasteiger partial charge in [0.05, 0.1) is 11.3 Å². The van der Waals surface area contributed by atoms with E-state index in [9.17, 15) is 19.1 Å². The first-order chi connectivity index (χ1) is 27.8. The van der Waals surface area contributed by atoms with Crippen LogP contribution in [0.5, 0.6) is 0 Å². The molecule has 0 atom stereocenters. The molecule has 3 aromatic carbocycles. The standard InChI is InChI=1S/C42H39F3N10O3/c1-42(2,58)34-5-4-6-35(50-34)55-38-29(40(57)52(55)3)21-47-41(51-38)48-25-7-9-26(10-8-25)54-15-13-53(14-16-54)22-30-31(44)17-23(18-32(30)45)37-27-11-12-46-39(56)28-19-24(43)20-33(49-37)36(27)28/h4-10,17-21,49,58H,11-16,22H2,1-3H3,(H,46,56)(H,47,48,51). The van der Waals surface area contributed by atoms with Crippen molar-refractivity contribution in [1.82, 2.24) is 39.5 Å². The van der Waals surface area contributed by atoms with Crippen LogP contribution < -0.4 is 21.1 Å². The Bertz CT molecular complexity index is 2790. The van der Waals surface area contributed by atoms with Gasteiger partial charge in [-0.3, -0.25) is 14.5 Å². The van der Waals surface area contributed by atoms with Crippen molar-refractivity contribution in [3.63, 3.8) is 0 Å². The molecule has 0 aliphatic carbocycles. The smallest absolute Gasteiger partial charge is 0.277 e. The fourth-order valence-corrected chi connectivity index (χ4v) is 7.91. The average molecular weight is 789 g/mol. The van der Waals surface area contributed by atoms with Crippen LogP contribution in [0.25, 0.3) is 39.0 Å². The number of anilines is 3. The van der Waals surface area contributed by atoms with Gasteiger partial charge < -0.3 is 25.6 Å². The van der Waals surface area contributed by atoms with Gasteiger partial charge in [0.1, 0.15) is 28.4 Å². The Morgan fingerprint density at radius 2 is 1.67 bits per heavy atom. The van der Waals surface area contributed by atoms with Crippen molar-refractivity contribution in [1.29, 1.82) is 0 Å². The molecule has 0 spiro atoms. The second-order valence-electron chi connectivity index (χ2n) is 15.2. The highest BCUT2D eigenvalue weighted by Gasteiger charge is 2.26. The number of fused-ring (bicyclic) bond motifs is 1. The lowest BCUT2D eigenvalue weighted by Crippen LogP contribution is -2.46. The zero-order valence-electron chi connectivity index (χ0n) is 31.9. The van der Waals surface area contributed by atoms with E-state index in [4.69, 9.17) is 0 Å². The van der Waals surface area contributed by atoms with E-state index in [0.29, 0.717) is 89.4 Å². The molecule has 58 heavy (non-hydrogen) atoms. The lowest BCUT2D eigenvalue weighted by Gasteiger charge is -2.36. The minimum atomic E-state index is -1.18. The lowest BCUT2D eigenvalue weighted by molar-refractivity contribution is 0.0737. The maximum absolute atomic E-state index is 15.7. The van der Waals surface area contributed by atoms with E-state index in [1.165, 1.54) is 35.1 Å². The highest BCUT2D eigenvalue weighted by atomic mass is 19.1. The molecule has 0 radical (unpaired) electrons. The van der Waals surface area contributed by atoms with Crippen molar-refractivity contribution in [2.24, 2.45) is 7.05 Å². The maximum Gasteiger partial charge on any atom is 0.277 e. The van der Waals surface area contributed by atoms with Gasteiger partial charge in [0.15, 0.2) is 11.5 Å².